The largest absolute Gasteiger partial charge is 0.323 e. The highest BCUT2D eigenvalue weighted by atomic mass is 32.2. The average Bonchev–Trinajstić information content (AvgIpc) is 3.52. The van der Waals surface area contributed by atoms with E-state index in [4.69, 9.17) is 0 Å². The molecule has 1 amide bonds. The molecule has 0 aliphatic rings. The molecule has 2 heterocycles. The SMILES string of the molecule is Cc1nnc(Sc2ccc(C=Nc3ccc4nc(SCC(=O)Nc5ccccc5F)sc4c3)cc2[N+](=O)[O-])s1. The molecular weight excluding hydrogens is 580 g/mol. The lowest BCUT2D eigenvalue weighted by Gasteiger charge is -2.04. The molecule has 0 spiro atoms. The number of aryl methyl sites for hydroxylation is 1. The maximum absolute atomic E-state index is 13.7. The highest BCUT2D eigenvalue weighted by Gasteiger charge is 2.17. The van der Waals surface area contributed by atoms with Crippen LogP contribution in [0.5, 0.6) is 0 Å². The molecule has 39 heavy (non-hydrogen) atoms. The molecular formula is C25H17FN6O3S4. The second-order valence-electron chi connectivity index (χ2n) is 7.88. The van der Waals surface area contributed by atoms with Crippen molar-refractivity contribution < 1.29 is 14.1 Å². The molecule has 0 saturated heterocycles. The van der Waals surface area contributed by atoms with Crippen molar-refractivity contribution in [3.63, 3.8) is 0 Å². The summed E-state index contributed by atoms with van der Waals surface area (Å²) >= 11 is 5.26. The van der Waals surface area contributed by atoms with Gasteiger partial charge in [0.25, 0.3) is 5.69 Å². The Kier molecular flexibility index (Phi) is 8.26. The summed E-state index contributed by atoms with van der Waals surface area (Å²) in [6.45, 7) is 1.83. The lowest BCUT2D eigenvalue weighted by molar-refractivity contribution is -0.387. The molecule has 0 aliphatic carbocycles. The van der Waals surface area contributed by atoms with Crippen molar-refractivity contribution in [3.8, 4) is 0 Å². The van der Waals surface area contributed by atoms with E-state index < -0.39 is 10.7 Å². The van der Waals surface area contributed by atoms with Crippen LogP contribution in [0.1, 0.15) is 10.6 Å². The van der Waals surface area contributed by atoms with Gasteiger partial charge in [-0.25, -0.2) is 9.37 Å². The maximum Gasteiger partial charge on any atom is 0.283 e. The van der Waals surface area contributed by atoms with Crippen LogP contribution < -0.4 is 5.32 Å². The molecule has 2 aromatic heterocycles. The summed E-state index contributed by atoms with van der Waals surface area (Å²) < 4.78 is 16.0. The fraction of sp³-hybridized carbons (Fsp3) is 0.0800. The van der Waals surface area contributed by atoms with E-state index >= 15 is 0 Å². The van der Waals surface area contributed by atoms with E-state index in [1.54, 1.807) is 36.5 Å². The number of nitrogens with zero attached hydrogens (tertiary/aromatic N) is 5. The normalized spacial score (nSPS) is 11.3. The molecule has 0 atom stereocenters. The molecule has 0 aliphatic heterocycles. The summed E-state index contributed by atoms with van der Waals surface area (Å²) in [5.74, 6) is -0.728. The first kappa shape index (κ1) is 26.9. The van der Waals surface area contributed by atoms with Gasteiger partial charge in [-0.2, -0.15) is 0 Å². The number of rotatable bonds is 9. The Morgan fingerprint density at radius 2 is 1.97 bits per heavy atom. The van der Waals surface area contributed by atoms with Gasteiger partial charge in [0, 0.05) is 12.3 Å². The molecule has 0 saturated carbocycles. The number of para-hydroxylation sites is 1. The van der Waals surface area contributed by atoms with Crippen LogP contribution in [0.25, 0.3) is 10.2 Å². The topological polar surface area (TPSA) is 123 Å². The summed E-state index contributed by atoms with van der Waals surface area (Å²) in [6.07, 6.45) is 1.57. The molecule has 1 N–H and O–H groups in total. The van der Waals surface area contributed by atoms with Crippen molar-refractivity contribution >= 4 is 85.6 Å². The summed E-state index contributed by atoms with van der Waals surface area (Å²) in [5, 5.41) is 23.0. The molecule has 5 rings (SSSR count). The molecule has 3 aromatic carbocycles. The number of fused-ring (bicyclic) bond motifs is 1. The van der Waals surface area contributed by atoms with E-state index in [0.29, 0.717) is 24.8 Å². The van der Waals surface area contributed by atoms with Crippen LogP contribution in [-0.2, 0) is 4.79 Å². The first-order chi connectivity index (χ1) is 18.8. The zero-order valence-corrected chi connectivity index (χ0v) is 23.3. The third-order valence-corrected chi connectivity index (χ3v) is 9.19. The number of carbonyl (C=O) groups excluding carboxylic acids is 1. The quantitative estimate of drug-likeness (QED) is 0.0825. The zero-order chi connectivity index (χ0) is 27.4. The highest BCUT2D eigenvalue weighted by Crippen LogP contribution is 2.37. The Labute approximate surface area is 237 Å². The van der Waals surface area contributed by atoms with Crippen molar-refractivity contribution in [2.75, 3.05) is 11.1 Å². The predicted octanol–water partition coefficient (Wildman–Crippen LogP) is 7.14. The van der Waals surface area contributed by atoms with E-state index in [9.17, 15) is 19.3 Å². The fourth-order valence-electron chi connectivity index (χ4n) is 3.32. The van der Waals surface area contributed by atoms with E-state index in [1.165, 1.54) is 64.4 Å². The third kappa shape index (κ3) is 6.84. The number of thioether (sulfide) groups is 1. The van der Waals surface area contributed by atoms with Gasteiger partial charge < -0.3 is 5.32 Å². The first-order valence-corrected chi connectivity index (χ1v) is 14.7. The molecule has 9 nitrogen and oxygen atoms in total. The van der Waals surface area contributed by atoms with Gasteiger partial charge >= 0.3 is 0 Å². The van der Waals surface area contributed by atoms with Crippen molar-refractivity contribution in [1.29, 1.82) is 0 Å². The van der Waals surface area contributed by atoms with Gasteiger partial charge in [-0.15, -0.1) is 21.5 Å². The summed E-state index contributed by atoms with van der Waals surface area (Å²) in [6, 6.07) is 16.4. The van der Waals surface area contributed by atoms with Gasteiger partial charge in [0.1, 0.15) is 10.8 Å². The number of halogens is 1. The van der Waals surface area contributed by atoms with Crippen LogP contribution in [0.4, 0.5) is 21.5 Å². The van der Waals surface area contributed by atoms with Crippen LogP contribution in [0, 0.1) is 22.9 Å². The third-order valence-electron chi connectivity index (χ3n) is 5.07. The number of aliphatic imine (C=N–C) groups is 1. The Morgan fingerprint density at radius 3 is 2.74 bits per heavy atom. The van der Waals surface area contributed by atoms with E-state index in [-0.39, 0.29) is 23.0 Å². The lowest BCUT2D eigenvalue weighted by Crippen LogP contribution is -2.14. The predicted molar refractivity (Wildman–Crippen MR) is 154 cm³/mol. The van der Waals surface area contributed by atoms with Gasteiger partial charge in [-0.05, 0) is 48.9 Å². The standard InChI is InChI=1S/C25H17FN6O3S4/c1-14-30-31-25(37-14)38-21-9-6-15(10-20(21)32(34)35)12-27-16-7-8-19-22(11-16)39-24(29-19)36-13-23(33)28-18-5-3-2-4-17(18)26/h2-12H,13H2,1H3,(H,28,33). The summed E-state index contributed by atoms with van der Waals surface area (Å²) in [7, 11) is 0. The van der Waals surface area contributed by atoms with Crippen LogP contribution in [-0.4, -0.2) is 38.0 Å². The molecule has 0 radical (unpaired) electrons. The van der Waals surface area contributed by atoms with E-state index in [1.807, 2.05) is 19.1 Å². The number of benzene rings is 3. The van der Waals surface area contributed by atoms with Crippen molar-refractivity contribution in [3.05, 3.63) is 87.2 Å². The number of amides is 1. The number of anilines is 1. The minimum atomic E-state index is -0.489. The average molecular weight is 597 g/mol. The second kappa shape index (κ2) is 12.0. The monoisotopic (exact) mass is 596 g/mol. The summed E-state index contributed by atoms with van der Waals surface area (Å²) in [5.41, 5.74) is 2.11. The van der Waals surface area contributed by atoms with Crippen LogP contribution in [0.15, 0.2) is 79.2 Å². The number of carbonyl (C=O) groups is 1. The van der Waals surface area contributed by atoms with Gasteiger partial charge in [0.05, 0.1) is 37.2 Å². The molecule has 14 heteroatoms. The van der Waals surface area contributed by atoms with Crippen molar-refractivity contribution in [1.82, 2.24) is 15.2 Å². The van der Waals surface area contributed by atoms with E-state index in [2.05, 4.69) is 25.5 Å². The number of nitro groups is 1. The van der Waals surface area contributed by atoms with Gasteiger partial charge in [-0.3, -0.25) is 19.9 Å². The van der Waals surface area contributed by atoms with Crippen LogP contribution in [0.2, 0.25) is 0 Å². The minimum absolute atomic E-state index is 0.0320. The number of aromatic nitrogens is 3. The number of hydrogen-bond donors (Lipinski definition) is 1. The Hall–Kier alpha value is -3.72. The highest BCUT2D eigenvalue weighted by molar-refractivity contribution is 8.01. The smallest absolute Gasteiger partial charge is 0.283 e. The first-order valence-electron chi connectivity index (χ1n) is 11.2. The van der Waals surface area contributed by atoms with Crippen LogP contribution >= 0.6 is 46.2 Å². The lowest BCUT2D eigenvalue weighted by atomic mass is 10.2. The fourth-order valence-corrected chi connectivity index (χ4v) is 7.08. The maximum atomic E-state index is 13.7. The Bertz CT molecular complexity index is 1720. The van der Waals surface area contributed by atoms with Crippen molar-refractivity contribution in [2.45, 2.75) is 20.5 Å². The number of hydrogen-bond acceptors (Lipinski definition) is 11. The second-order valence-corrected chi connectivity index (χ2v) is 12.6. The van der Waals surface area contributed by atoms with Gasteiger partial charge in [0.2, 0.25) is 5.91 Å². The molecule has 0 bridgehead atoms. The van der Waals surface area contributed by atoms with Crippen molar-refractivity contribution in [2.24, 2.45) is 4.99 Å². The van der Waals surface area contributed by atoms with E-state index in [0.717, 1.165) is 15.2 Å². The summed E-state index contributed by atoms with van der Waals surface area (Å²) in [4.78, 5) is 32.9. The Balaban J connectivity index is 1.25. The Morgan fingerprint density at radius 1 is 1.13 bits per heavy atom. The molecule has 0 fully saturated rings. The molecule has 0 unspecified atom stereocenters. The molecule has 196 valence electrons. The minimum Gasteiger partial charge on any atom is -0.323 e. The molecule has 5 aromatic rings. The number of nitro benzene ring substituents is 1. The number of nitrogens with one attached hydrogen (secondary N) is 1. The van der Waals surface area contributed by atoms with Gasteiger partial charge in [-0.1, -0.05) is 53.1 Å². The number of thiazole rings is 1. The van der Waals surface area contributed by atoms with Gasteiger partial charge in [0.15, 0.2) is 8.68 Å². The zero-order valence-electron chi connectivity index (χ0n) is 20.0. The van der Waals surface area contributed by atoms with Crippen LogP contribution in [0.3, 0.4) is 0 Å².